The number of hydrogen-bond acceptors (Lipinski definition) is 3. The Hall–Kier alpha value is -1.10. The molecule has 2 aliphatic heterocycles. The molecule has 1 N–H and O–H groups in total. The largest absolute Gasteiger partial charge is 0.336 e. The average molecular weight is 265 g/mol. The van der Waals surface area contributed by atoms with Crippen LogP contribution in [0.15, 0.2) is 0 Å². The van der Waals surface area contributed by atoms with Crippen LogP contribution in [-0.2, 0) is 9.59 Å². The first-order valence-corrected chi connectivity index (χ1v) is 7.50. The second kappa shape index (κ2) is 4.78. The Kier molecular flexibility index (Phi) is 3.25. The van der Waals surface area contributed by atoms with Crippen molar-refractivity contribution in [3.8, 4) is 0 Å². The van der Waals surface area contributed by atoms with E-state index in [2.05, 4.69) is 12.2 Å². The lowest BCUT2D eigenvalue weighted by molar-refractivity contribution is -0.149. The predicted molar refractivity (Wildman–Crippen MR) is 71.6 cm³/mol. The monoisotopic (exact) mass is 265 g/mol. The van der Waals surface area contributed by atoms with Crippen LogP contribution in [0.25, 0.3) is 0 Å². The molecule has 1 unspecified atom stereocenters. The van der Waals surface area contributed by atoms with Crippen molar-refractivity contribution in [1.29, 1.82) is 0 Å². The van der Waals surface area contributed by atoms with Crippen molar-refractivity contribution in [2.24, 2.45) is 0 Å². The lowest BCUT2D eigenvalue weighted by atomic mass is 9.92. The van der Waals surface area contributed by atoms with E-state index in [1.54, 1.807) is 4.90 Å². The molecule has 0 spiro atoms. The number of carbonyl (C=O) groups is 2. The fraction of sp³-hybridized carbons (Fsp3) is 0.857. The Labute approximate surface area is 114 Å². The van der Waals surface area contributed by atoms with Crippen LogP contribution in [0, 0.1) is 0 Å². The van der Waals surface area contributed by atoms with E-state index in [0.29, 0.717) is 12.6 Å². The molecule has 0 radical (unpaired) electrons. The second-order valence-corrected chi connectivity index (χ2v) is 6.01. The number of nitrogens with zero attached hydrogens (tertiary/aromatic N) is 2. The van der Waals surface area contributed by atoms with E-state index in [1.165, 1.54) is 0 Å². The molecule has 0 aromatic rings. The van der Waals surface area contributed by atoms with Crippen LogP contribution in [0.4, 0.5) is 0 Å². The zero-order chi connectivity index (χ0) is 13.5. The maximum Gasteiger partial charge on any atom is 0.243 e. The van der Waals surface area contributed by atoms with E-state index in [9.17, 15) is 9.59 Å². The van der Waals surface area contributed by atoms with Crippen molar-refractivity contribution in [3.05, 3.63) is 0 Å². The van der Waals surface area contributed by atoms with Crippen molar-refractivity contribution in [2.75, 3.05) is 26.2 Å². The molecule has 106 valence electrons. The number of hydrogen-bond donors (Lipinski definition) is 1. The fourth-order valence-corrected chi connectivity index (χ4v) is 3.38. The zero-order valence-corrected chi connectivity index (χ0v) is 11.7. The minimum atomic E-state index is -0.401. The summed E-state index contributed by atoms with van der Waals surface area (Å²) >= 11 is 0. The molecule has 1 saturated carbocycles. The minimum Gasteiger partial charge on any atom is -0.336 e. The third kappa shape index (κ3) is 2.24. The van der Waals surface area contributed by atoms with E-state index in [1.807, 2.05) is 4.90 Å². The molecule has 2 heterocycles. The van der Waals surface area contributed by atoms with Gasteiger partial charge in [-0.3, -0.25) is 9.59 Å². The van der Waals surface area contributed by atoms with Gasteiger partial charge in [-0.2, -0.15) is 0 Å². The Balaban J connectivity index is 1.66. The maximum absolute atomic E-state index is 12.7. The molecule has 0 aromatic heterocycles. The second-order valence-electron chi connectivity index (χ2n) is 6.01. The third-order valence-electron chi connectivity index (χ3n) is 4.79. The Morgan fingerprint density at radius 3 is 2.74 bits per heavy atom. The SMILES string of the molecule is CCC1(C(=O)N2CCN(C3CC3)C(=O)C2)CCCN1. The van der Waals surface area contributed by atoms with Gasteiger partial charge in [-0.1, -0.05) is 6.92 Å². The van der Waals surface area contributed by atoms with Gasteiger partial charge in [0.2, 0.25) is 11.8 Å². The topological polar surface area (TPSA) is 52.7 Å². The summed E-state index contributed by atoms with van der Waals surface area (Å²) < 4.78 is 0. The van der Waals surface area contributed by atoms with Crippen LogP contribution in [0.1, 0.15) is 39.0 Å². The van der Waals surface area contributed by atoms with Crippen LogP contribution in [-0.4, -0.2) is 59.4 Å². The van der Waals surface area contributed by atoms with Gasteiger partial charge < -0.3 is 15.1 Å². The molecule has 1 aliphatic carbocycles. The van der Waals surface area contributed by atoms with Gasteiger partial charge in [0.25, 0.3) is 0 Å². The molecule has 5 nitrogen and oxygen atoms in total. The van der Waals surface area contributed by atoms with E-state index < -0.39 is 5.54 Å². The maximum atomic E-state index is 12.7. The van der Waals surface area contributed by atoms with E-state index >= 15 is 0 Å². The van der Waals surface area contributed by atoms with Gasteiger partial charge in [0.15, 0.2) is 0 Å². The van der Waals surface area contributed by atoms with Crippen LogP contribution < -0.4 is 5.32 Å². The number of rotatable bonds is 3. The number of piperazine rings is 1. The summed E-state index contributed by atoms with van der Waals surface area (Å²) in [6, 6.07) is 0.467. The van der Waals surface area contributed by atoms with Gasteiger partial charge in [0, 0.05) is 19.1 Å². The first kappa shape index (κ1) is 12.9. The highest BCUT2D eigenvalue weighted by Gasteiger charge is 2.44. The highest BCUT2D eigenvalue weighted by molar-refractivity contribution is 5.91. The minimum absolute atomic E-state index is 0.131. The summed E-state index contributed by atoms with van der Waals surface area (Å²) in [5, 5.41) is 3.36. The quantitative estimate of drug-likeness (QED) is 0.801. The van der Waals surface area contributed by atoms with Gasteiger partial charge in [-0.25, -0.2) is 0 Å². The van der Waals surface area contributed by atoms with Crippen molar-refractivity contribution < 1.29 is 9.59 Å². The molecule has 3 fully saturated rings. The summed E-state index contributed by atoms with van der Waals surface area (Å²) in [6.45, 7) is 4.66. The molecule has 2 amide bonds. The highest BCUT2D eigenvalue weighted by Crippen LogP contribution is 2.30. The third-order valence-corrected chi connectivity index (χ3v) is 4.79. The number of nitrogens with one attached hydrogen (secondary N) is 1. The van der Waals surface area contributed by atoms with E-state index in [0.717, 1.165) is 45.2 Å². The molecule has 1 atom stereocenters. The van der Waals surface area contributed by atoms with Crippen LogP contribution in [0.2, 0.25) is 0 Å². The van der Waals surface area contributed by atoms with Gasteiger partial charge >= 0.3 is 0 Å². The Morgan fingerprint density at radius 1 is 1.42 bits per heavy atom. The van der Waals surface area contributed by atoms with Crippen LogP contribution in [0.3, 0.4) is 0 Å². The molecule has 5 heteroatoms. The lowest BCUT2D eigenvalue weighted by Gasteiger charge is -2.39. The summed E-state index contributed by atoms with van der Waals surface area (Å²) in [5.74, 6) is 0.266. The molecule has 19 heavy (non-hydrogen) atoms. The van der Waals surface area contributed by atoms with Crippen molar-refractivity contribution in [2.45, 2.75) is 50.6 Å². The number of carbonyl (C=O) groups excluding carboxylic acids is 2. The molecular weight excluding hydrogens is 242 g/mol. The van der Waals surface area contributed by atoms with Crippen molar-refractivity contribution in [3.63, 3.8) is 0 Å². The van der Waals surface area contributed by atoms with Gasteiger partial charge in [-0.15, -0.1) is 0 Å². The first-order chi connectivity index (χ1) is 9.16. The average Bonchev–Trinajstić information content (AvgIpc) is 3.15. The highest BCUT2D eigenvalue weighted by atomic mass is 16.2. The first-order valence-electron chi connectivity index (χ1n) is 7.50. The summed E-state index contributed by atoms with van der Waals surface area (Å²) in [4.78, 5) is 28.5. The fourth-order valence-electron chi connectivity index (χ4n) is 3.38. The van der Waals surface area contributed by atoms with Gasteiger partial charge in [0.05, 0.1) is 12.1 Å². The Bertz CT molecular complexity index is 386. The standard InChI is InChI=1S/C14H23N3O2/c1-2-14(6-3-7-15-14)13(19)16-8-9-17(11-4-5-11)12(18)10-16/h11,15H,2-10H2,1H3. The zero-order valence-electron chi connectivity index (χ0n) is 11.7. The molecule has 0 aromatic carbocycles. The Morgan fingerprint density at radius 2 is 2.21 bits per heavy atom. The van der Waals surface area contributed by atoms with Gasteiger partial charge in [0.1, 0.15) is 0 Å². The lowest BCUT2D eigenvalue weighted by Crippen LogP contribution is -2.60. The van der Waals surface area contributed by atoms with Crippen LogP contribution in [0.5, 0.6) is 0 Å². The van der Waals surface area contributed by atoms with E-state index in [4.69, 9.17) is 0 Å². The number of amides is 2. The van der Waals surface area contributed by atoms with Crippen LogP contribution >= 0.6 is 0 Å². The van der Waals surface area contributed by atoms with Crippen molar-refractivity contribution in [1.82, 2.24) is 15.1 Å². The summed E-state index contributed by atoms with van der Waals surface area (Å²) in [6.07, 6.45) is 5.04. The molecule has 0 bridgehead atoms. The van der Waals surface area contributed by atoms with Crippen molar-refractivity contribution >= 4 is 11.8 Å². The predicted octanol–water partition coefficient (Wildman–Crippen LogP) is 0.352. The molecule has 3 rings (SSSR count). The summed E-state index contributed by atoms with van der Waals surface area (Å²) in [5.41, 5.74) is -0.401. The summed E-state index contributed by atoms with van der Waals surface area (Å²) in [7, 11) is 0. The smallest absolute Gasteiger partial charge is 0.243 e. The van der Waals surface area contributed by atoms with E-state index in [-0.39, 0.29) is 18.4 Å². The molecule has 3 aliphatic rings. The normalized spacial score (nSPS) is 31.9. The molecular formula is C14H23N3O2. The molecule has 2 saturated heterocycles. The van der Waals surface area contributed by atoms with Gasteiger partial charge in [-0.05, 0) is 38.6 Å².